The molecule has 0 aromatic heterocycles. The molecule has 1 rings (SSSR count). The van der Waals surface area contributed by atoms with Crippen molar-refractivity contribution < 1.29 is 19.4 Å². The van der Waals surface area contributed by atoms with Crippen molar-refractivity contribution in [1.29, 1.82) is 0 Å². The molecule has 0 bridgehead atoms. The van der Waals surface area contributed by atoms with Gasteiger partial charge in [-0.25, -0.2) is 0 Å². The van der Waals surface area contributed by atoms with Crippen LogP contribution in [0.3, 0.4) is 0 Å². The van der Waals surface area contributed by atoms with Gasteiger partial charge < -0.3 is 15.2 Å². The maximum Gasteiger partial charge on any atom is 0.303 e. The minimum Gasteiger partial charge on any atom is -0.481 e. The Bertz CT molecular complexity index is 419. The first-order chi connectivity index (χ1) is 9.58. The molecular weight excluding hydrogens is 258 g/mol. The predicted octanol–water partition coefficient (Wildman–Crippen LogP) is 1.82. The van der Waals surface area contributed by atoms with Crippen LogP contribution in [0.2, 0.25) is 0 Å². The molecule has 0 radical (unpaired) electrons. The monoisotopic (exact) mass is 279 g/mol. The van der Waals surface area contributed by atoms with Gasteiger partial charge in [-0.05, 0) is 11.5 Å². The summed E-state index contributed by atoms with van der Waals surface area (Å²) in [6.07, 6.45) is 0.345. The van der Waals surface area contributed by atoms with Gasteiger partial charge in [0.1, 0.15) is 0 Å². The molecule has 0 aliphatic carbocycles. The number of rotatable bonds is 9. The van der Waals surface area contributed by atoms with Gasteiger partial charge in [-0.1, -0.05) is 37.3 Å². The molecule has 2 N–H and O–H groups in total. The van der Waals surface area contributed by atoms with E-state index in [1.165, 1.54) is 0 Å². The van der Waals surface area contributed by atoms with Crippen molar-refractivity contribution >= 4 is 11.9 Å². The lowest BCUT2D eigenvalue weighted by Gasteiger charge is -2.10. The normalized spacial score (nSPS) is 11.8. The van der Waals surface area contributed by atoms with Gasteiger partial charge in [0.05, 0.1) is 13.2 Å². The highest BCUT2D eigenvalue weighted by molar-refractivity contribution is 5.76. The van der Waals surface area contributed by atoms with Crippen molar-refractivity contribution in [2.24, 2.45) is 5.92 Å². The highest BCUT2D eigenvalue weighted by Gasteiger charge is 2.09. The molecule has 0 fully saturated rings. The van der Waals surface area contributed by atoms with E-state index in [-0.39, 0.29) is 24.7 Å². The van der Waals surface area contributed by atoms with Crippen molar-refractivity contribution in [3.05, 3.63) is 35.9 Å². The Morgan fingerprint density at radius 3 is 2.65 bits per heavy atom. The molecule has 20 heavy (non-hydrogen) atoms. The van der Waals surface area contributed by atoms with Gasteiger partial charge in [0, 0.05) is 19.4 Å². The molecule has 0 heterocycles. The molecule has 0 saturated carbocycles. The minimum absolute atomic E-state index is 0.0603. The van der Waals surface area contributed by atoms with Crippen molar-refractivity contribution in [3.8, 4) is 0 Å². The SMILES string of the molecule is CC(CNC(=O)CCOCc1ccccc1)CC(=O)O. The number of carbonyl (C=O) groups excluding carboxylic acids is 1. The zero-order chi connectivity index (χ0) is 14.8. The first kappa shape index (κ1) is 16.2. The number of hydrogen-bond acceptors (Lipinski definition) is 3. The zero-order valence-electron chi connectivity index (χ0n) is 11.7. The van der Waals surface area contributed by atoms with E-state index in [0.717, 1.165) is 5.56 Å². The van der Waals surface area contributed by atoms with E-state index < -0.39 is 5.97 Å². The summed E-state index contributed by atoms with van der Waals surface area (Å²) in [6.45, 7) is 3.02. The minimum atomic E-state index is -0.849. The van der Waals surface area contributed by atoms with Gasteiger partial charge in [0.2, 0.25) is 5.91 Å². The number of amides is 1. The number of ether oxygens (including phenoxy) is 1. The fraction of sp³-hybridized carbons (Fsp3) is 0.467. The number of carbonyl (C=O) groups is 2. The molecule has 1 amide bonds. The molecule has 5 nitrogen and oxygen atoms in total. The standard InChI is InChI=1S/C15H21NO4/c1-12(9-15(18)19)10-16-14(17)7-8-20-11-13-5-3-2-4-6-13/h2-6,12H,7-11H2,1H3,(H,16,17)(H,18,19). The summed E-state index contributed by atoms with van der Waals surface area (Å²) in [5.74, 6) is -1.03. The van der Waals surface area contributed by atoms with E-state index in [0.29, 0.717) is 19.8 Å². The lowest BCUT2D eigenvalue weighted by Crippen LogP contribution is -2.29. The largest absolute Gasteiger partial charge is 0.481 e. The van der Waals surface area contributed by atoms with Gasteiger partial charge in [0.25, 0.3) is 0 Å². The number of carboxylic acids is 1. The molecule has 1 aromatic carbocycles. The van der Waals surface area contributed by atoms with Crippen molar-refractivity contribution in [3.63, 3.8) is 0 Å². The fourth-order valence-electron chi connectivity index (χ4n) is 1.68. The Balaban J connectivity index is 2.07. The van der Waals surface area contributed by atoms with Crippen LogP contribution in [0, 0.1) is 5.92 Å². The van der Waals surface area contributed by atoms with E-state index in [1.54, 1.807) is 6.92 Å². The lowest BCUT2D eigenvalue weighted by atomic mass is 10.1. The smallest absolute Gasteiger partial charge is 0.303 e. The Hall–Kier alpha value is -1.88. The third kappa shape index (κ3) is 7.53. The third-order valence-electron chi connectivity index (χ3n) is 2.76. The summed E-state index contributed by atoms with van der Waals surface area (Å²) in [7, 11) is 0. The van der Waals surface area contributed by atoms with Gasteiger partial charge >= 0.3 is 5.97 Å². The summed E-state index contributed by atoms with van der Waals surface area (Å²) < 4.78 is 5.41. The Kier molecular flexibility index (Phi) is 7.35. The summed E-state index contributed by atoms with van der Waals surface area (Å²) in [5, 5.41) is 11.3. The van der Waals surface area contributed by atoms with E-state index in [1.807, 2.05) is 30.3 Å². The second-order valence-electron chi connectivity index (χ2n) is 4.80. The molecule has 1 atom stereocenters. The van der Waals surface area contributed by atoms with Gasteiger partial charge in [-0.2, -0.15) is 0 Å². The lowest BCUT2D eigenvalue weighted by molar-refractivity contribution is -0.138. The summed E-state index contributed by atoms with van der Waals surface area (Å²) in [4.78, 5) is 22.0. The van der Waals surface area contributed by atoms with E-state index in [9.17, 15) is 9.59 Å². The molecule has 0 aliphatic heterocycles. The van der Waals surface area contributed by atoms with Crippen LogP contribution >= 0.6 is 0 Å². The van der Waals surface area contributed by atoms with E-state index in [4.69, 9.17) is 9.84 Å². The molecule has 0 aliphatic rings. The van der Waals surface area contributed by atoms with Crippen molar-refractivity contribution in [1.82, 2.24) is 5.32 Å². The molecule has 1 unspecified atom stereocenters. The number of benzene rings is 1. The average molecular weight is 279 g/mol. The molecular formula is C15H21NO4. The molecule has 0 saturated heterocycles. The van der Waals surface area contributed by atoms with Crippen LogP contribution < -0.4 is 5.32 Å². The Morgan fingerprint density at radius 2 is 2.00 bits per heavy atom. The van der Waals surface area contributed by atoms with Crippen LogP contribution in [0.15, 0.2) is 30.3 Å². The molecule has 1 aromatic rings. The predicted molar refractivity (Wildman–Crippen MR) is 75.1 cm³/mol. The molecule has 0 spiro atoms. The van der Waals surface area contributed by atoms with Crippen LogP contribution in [-0.4, -0.2) is 30.1 Å². The van der Waals surface area contributed by atoms with E-state index in [2.05, 4.69) is 5.32 Å². The average Bonchev–Trinajstić information content (AvgIpc) is 2.42. The van der Waals surface area contributed by atoms with Gasteiger partial charge in [-0.15, -0.1) is 0 Å². The van der Waals surface area contributed by atoms with Crippen LogP contribution in [0.5, 0.6) is 0 Å². The van der Waals surface area contributed by atoms with Crippen LogP contribution in [0.1, 0.15) is 25.3 Å². The molecule has 110 valence electrons. The zero-order valence-corrected chi connectivity index (χ0v) is 11.7. The van der Waals surface area contributed by atoms with Crippen molar-refractivity contribution in [2.45, 2.75) is 26.4 Å². The maximum absolute atomic E-state index is 11.5. The first-order valence-corrected chi connectivity index (χ1v) is 6.68. The summed E-state index contributed by atoms with van der Waals surface area (Å²) >= 11 is 0. The Morgan fingerprint density at radius 1 is 1.30 bits per heavy atom. The number of nitrogens with one attached hydrogen (secondary N) is 1. The highest BCUT2D eigenvalue weighted by Crippen LogP contribution is 2.01. The van der Waals surface area contributed by atoms with Gasteiger partial charge in [0.15, 0.2) is 0 Å². The molecule has 5 heteroatoms. The van der Waals surface area contributed by atoms with Crippen molar-refractivity contribution in [2.75, 3.05) is 13.2 Å². The number of carboxylic acid groups (broad SMARTS) is 1. The second-order valence-corrected chi connectivity index (χ2v) is 4.80. The van der Waals surface area contributed by atoms with Crippen LogP contribution in [0.4, 0.5) is 0 Å². The second kappa shape index (κ2) is 9.09. The number of aliphatic carboxylic acids is 1. The quantitative estimate of drug-likeness (QED) is 0.676. The van der Waals surface area contributed by atoms with Crippen LogP contribution in [0.25, 0.3) is 0 Å². The van der Waals surface area contributed by atoms with Crippen LogP contribution in [-0.2, 0) is 20.9 Å². The fourth-order valence-corrected chi connectivity index (χ4v) is 1.68. The third-order valence-corrected chi connectivity index (χ3v) is 2.76. The summed E-state index contributed by atoms with van der Waals surface area (Å²) in [6, 6.07) is 9.75. The topological polar surface area (TPSA) is 75.6 Å². The highest BCUT2D eigenvalue weighted by atomic mass is 16.5. The van der Waals surface area contributed by atoms with Gasteiger partial charge in [-0.3, -0.25) is 9.59 Å². The van der Waals surface area contributed by atoms with E-state index >= 15 is 0 Å². The first-order valence-electron chi connectivity index (χ1n) is 6.68. The Labute approximate surface area is 118 Å². The number of hydrogen-bond donors (Lipinski definition) is 2. The summed E-state index contributed by atoms with van der Waals surface area (Å²) in [5.41, 5.74) is 1.07. The maximum atomic E-state index is 11.5.